The van der Waals surface area contributed by atoms with Crippen LogP contribution in [0.2, 0.25) is 0 Å². The number of phenolic OH excluding ortho intramolecular Hbond substituents is 1. The van der Waals surface area contributed by atoms with Crippen molar-refractivity contribution in [2.45, 2.75) is 13.3 Å². The Labute approximate surface area is 106 Å². The van der Waals surface area contributed by atoms with Gasteiger partial charge in [-0.2, -0.15) is 0 Å². The standard InChI is InChI=1S/C14H13ClO2/c1-10-12(9-11-5-3-2-4-6-11)13(16)7-8-14(10)17-15/h2-8,16H,9H2,1H3. The molecule has 0 saturated carbocycles. The van der Waals surface area contributed by atoms with Gasteiger partial charge in [0.15, 0.2) is 0 Å². The summed E-state index contributed by atoms with van der Waals surface area (Å²) in [6.07, 6.45) is 0.659. The number of benzene rings is 2. The molecule has 2 nitrogen and oxygen atoms in total. The molecule has 0 aromatic heterocycles. The maximum absolute atomic E-state index is 9.87. The lowest BCUT2D eigenvalue weighted by molar-refractivity contribution is 0.467. The fourth-order valence-corrected chi connectivity index (χ4v) is 1.99. The highest BCUT2D eigenvalue weighted by Gasteiger charge is 2.10. The normalized spacial score (nSPS) is 10.2. The number of halogens is 1. The topological polar surface area (TPSA) is 29.5 Å². The summed E-state index contributed by atoms with van der Waals surface area (Å²) in [6, 6.07) is 13.2. The number of hydrogen-bond acceptors (Lipinski definition) is 2. The predicted molar refractivity (Wildman–Crippen MR) is 68.6 cm³/mol. The van der Waals surface area contributed by atoms with E-state index in [4.69, 9.17) is 16.2 Å². The van der Waals surface area contributed by atoms with Crippen molar-refractivity contribution in [2.24, 2.45) is 0 Å². The molecule has 0 saturated heterocycles. The summed E-state index contributed by atoms with van der Waals surface area (Å²) < 4.78 is 4.74. The van der Waals surface area contributed by atoms with Gasteiger partial charge in [-0.05, 0) is 24.6 Å². The lowest BCUT2D eigenvalue weighted by Crippen LogP contribution is -1.94. The first-order chi connectivity index (χ1) is 8.22. The average Bonchev–Trinajstić information content (AvgIpc) is 2.36. The fraction of sp³-hybridized carbons (Fsp3) is 0.143. The number of rotatable bonds is 3. The molecule has 0 spiro atoms. The van der Waals surface area contributed by atoms with Crippen LogP contribution in [0.25, 0.3) is 0 Å². The molecule has 0 aliphatic heterocycles. The van der Waals surface area contributed by atoms with Gasteiger partial charge in [0.25, 0.3) is 0 Å². The zero-order valence-electron chi connectivity index (χ0n) is 9.48. The van der Waals surface area contributed by atoms with Crippen molar-refractivity contribution in [2.75, 3.05) is 0 Å². The van der Waals surface area contributed by atoms with Crippen LogP contribution in [0.4, 0.5) is 0 Å². The smallest absolute Gasteiger partial charge is 0.149 e. The first-order valence-corrected chi connectivity index (χ1v) is 5.67. The van der Waals surface area contributed by atoms with Crippen LogP contribution in [0.3, 0.4) is 0 Å². The SMILES string of the molecule is Cc1c(OCl)ccc(O)c1Cc1ccccc1. The summed E-state index contributed by atoms with van der Waals surface area (Å²) in [5.74, 6) is 0.846. The van der Waals surface area contributed by atoms with Crippen molar-refractivity contribution in [3.63, 3.8) is 0 Å². The zero-order chi connectivity index (χ0) is 12.3. The second-order valence-corrected chi connectivity index (χ2v) is 4.08. The minimum Gasteiger partial charge on any atom is -0.508 e. The van der Waals surface area contributed by atoms with E-state index in [9.17, 15) is 5.11 Å². The molecule has 2 rings (SSSR count). The molecule has 0 amide bonds. The van der Waals surface area contributed by atoms with Crippen LogP contribution in [0.15, 0.2) is 42.5 Å². The number of hydrogen-bond donors (Lipinski definition) is 1. The number of phenols is 1. The van der Waals surface area contributed by atoms with E-state index in [1.807, 2.05) is 37.3 Å². The monoisotopic (exact) mass is 248 g/mol. The van der Waals surface area contributed by atoms with Crippen LogP contribution >= 0.6 is 11.9 Å². The summed E-state index contributed by atoms with van der Waals surface area (Å²) in [7, 11) is 0. The second-order valence-electron chi connectivity index (χ2n) is 3.93. The van der Waals surface area contributed by atoms with Crippen molar-refractivity contribution in [3.05, 3.63) is 59.2 Å². The molecule has 1 N–H and O–H groups in total. The van der Waals surface area contributed by atoms with E-state index in [2.05, 4.69) is 0 Å². The lowest BCUT2D eigenvalue weighted by Gasteiger charge is -2.11. The highest BCUT2D eigenvalue weighted by Crippen LogP contribution is 2.31. The van der Waals surface area contributed by atoms with Gasteiger partial charge in [-0.25, -0.2) is 0 Å². The molecule has 0 atom stereocenters. The minimum atomic E-state index is 0.267. The largest absolute Gasteiger partial charge is 0.508 e. The Bertz CT molecular complexity index is 509. The predicted octanol–water partition coefficient (Wildman–Crippen LogP) is 3.82. The van der Waals surface area contributed by atoms with Crippen LogP contribution in [-0.4, -0.2) is 5.11 Å². The minimum absolute atomic E-state index is 0.267. The van der Waals surface area contributed by atoms with Gasteiger partial charge in [-0.3, -0.25) is 0 Å². The molecule has 2 aromatic rings. The molecule has 0 aliphatic rings. The Kier molecular flexibility index (Phi) is 3.55. The Morgan fingerprint density at radius 3 is 2.47 bits per heavy atom. The number of aromatic hydroxyl groups is 1. The van der Waals surface area contributed by atoms with Gasteiger partial charge in [0.2, 0.25) is 0 Å². The molecule has 17 heavy (non-hydrogen) atoms. The van der Waals surface area contributed by atoms with E-state index in [1.54, 1.807) is 12.1 Å². The van der Waals surface area contributed by atoms with E-state index < -0.39 is 0 Å². The van der Waals surface area contributed by atoms with Gasteiger partial charge in [0, 0.05) is 17.5 Å². The van der Waals surface area contributed by atoms with E-state index >= 15 is 0 Å². The summed E-state index contributed by atoms with van der Waals surface area (Å²) in [4.78, 5) is 0. The molecule has 0 radical (unpaired) electrons. The van der Waals surface area contributed by atoms with Crippen LogP contribution < -0.4 is 4.29 Å². The van der Waals surface area contributed by atoms with Crippen molar-refractivity contribution >= 4 is 11.9 Å². The maximum Gasteiger partial charge on any atom is 0.149 e. The Hall–Kier alpha value is -1.67. The van der Waals surface area contributed by atoms with Crippen LogP contribution in [0.5, 0.6) is 11.5 Å². The highest BCUT2D eigenvalue weighted by molar-refractivity contribution is 6.09. The van der Waals surface area contributed by atoms with Gasteiger partial charge in [-0.1, -0.05) is 30.3 Å². The van der Waals surface area contributed by atoms with Gasteiger partial charge in [-0.15, -0.1) is 0 Å². The zero-order valence-corrected chi connectivity index (χ0v) is 10.2. The van der Waals surface area contributed by atoms with Crippen LogP contribution in [0.1, 0.15) is 16.7 Å². The van der Waals surface area contributed by atoms with Crippen LogP contribution in [0, 0.1) is 6.92 Å². The van der Waals surface area contributed by atoms with Crippen molar-refractivity contribution < 1.29 is 9.40 Å². The van der Waals surface area contributed by atoms with Crippen LogP contribution in [-0.2, 0) is 6.42 Å². The molecular formula is C14H13ClO2. The van der Waals surface area contributed by atoms with E-state index in [0.717, 1.165) is 16.7 Å². The summed E-state index contributed by atoms with van der Waals surface area (Å²) in [5.41, 5.74) is 2.84. The molecule has 0 bridgehead atoms. The summed E-state index contributed by atoms with van der Waals surface area (Å²) in [5, 5.41) is 9.87. The van der Waals surface area contributed by atoms with Crippen molar-refractivity contribution in [3.8, 4) is 11.5 Å². The third kappa shape index (κ3) is 2.53. The Balaban J connectivity index is 2.38. The van der Waals surface area contributed by atoms with Gasteiger partial charge >= 0.3 is 0 Å². The first kappa shape index (κ1) is 11.8. The molecule has 0 fully saturated rings. The molecular weight excluding hydrogens is 236 g/mol. The van der Waals surface area contributed by atoms with Crippen molar-refractivity contribution in [1.29, 1.82) is 0 Å². The van der Waals surface area contributed by atoms with Gasteiger partial charge < -0.3 is 9.40 Å². The first-order valence-electron chi connectivity index (χ1n) is 5.36. The quantitative estimate of drug-likeness (QED) is 0.895. The second kappa shape index (κ2) is 5.11. The molecule has 2 aromatic carbocycles. The lowest BCUT2D eigenvalue weighted by atomic mass is 9.99. The third-order valence-electron chi connectivity index (χ3n) is 2.83. The summed E-state index contributed by atoms with van der Waals surface area (Å²) in [6.45, 7) is 1.88. The highest BCUT2D eigenvalue weighted by atomic mass is 35.5. The van der Waals surface area contributed by atoms with Gasteiger partial charge in [0.05, 0.1) is 0 Å². The molecule has 0 heterocycles. The Morgan fingerprint density at radius 2 is 1.82 bits per heavy atom. The average molecular weight is 249 g/mol. The third-order valence-corrected chi connectivity index (χ3v) is 3.00. The molecule has 3 heteroatoms. The van der Waals surface area contributed by atoms with E-state index in [0.29, 0.717) is 12.2 Å². The molecule has 88 valence electrons. The van der Waals surface area contributed by atoms with Gasteiger partial charge in [0.1, 0.15) is 23.4 Å². The van der Waals surface area contributed by atoms with Crippen molar-refractivity contribution in [1.82, 2.24) is 0 Å². The van der Waals surface area contributed by atoms with E-state index in [-0.39, 0.29) is 5.75 Å². The maximum atomic E-state index is 9.87. The fourth-order valence-electron chi connectivity index (χ4n) is 1.83. The Morgan fingerprint density at radius 1 is 1.12 bits per heavy atom. The molecule has 0 aliphatic carbocycles. The summed E-state index contributed by atoms with van der Waals surface area (Å²) >= 11 is 5.38. The molecule has 0 unspecified atom stereocenters. The van der Waals surface area contributed by atoms with E-state index in [1.165, 1.54) is 0 Å².